The lowest BCUT2D eigenvalue weighted by Crippen LogP contribution is -2.41. The summed E-state index contributed by atoms with van der Waals surface area (Å²) in [7, 11) is 3.48. The first kappa shape index (κ1) is 18.8. The number of benzene rings is 1. The molecule has 0 bridgehead atoms. The third kappa shape index (κ3) is 5.53. The summed E-state index contributed by atoms with van der Waals surface area (Å²) in [6.07, 6.45) is 5.84. The van der Waals surface area contributed by atoms with Gasteiger partial charge in [0, 0.05) is 19.7 Å². The number of rotatable bonds is 8. The number of nitrogens with zero attached hydrogens (tertiary/aromatic N) is 1. The van der Waals surface area contributed by atoms with Crippen molar-refractivity contribution in [3.05, 3.63) is 35.4 Å². The smallest absolute Gasteiger partial charge is 0.161 e. The van der Waals surface area contributed by atoms with E-state index in [0.717, 1.165) is 31.2 Å². The quantitative estimate of drug-likeness (QED) is 0.672. The largest absolute Gasteiger partial charge is 0.493 e. The summed E-state index contributed by atoms with van der Waals surface area (Å²) < 4.78 is 16.7. The molecule has 1 unspecified atom stereocenters. The minimum Gasteiger partial charge on any atom is -0.493 e. The molecule has 0 saturated carbocycles. The Morgan fingerprint density at radius 2 is 2.04 bits per heavy atom. The molecule has 4 nitrogen and oxygen atoms in total. The second-order valence-corrected chi connectivity index (χ2v) is 6.65. The van der Waals surface area contributed by atoms with Gasteiger partial charge in [-0.05, 0) is 57.0 Å². The first-order valence-electron chi connectivity index (χ1n) is 8.80. The van der Waals surface area contributed by atoms with Crippen LogP contribution in [0.15, 0.2) is 29.8 Å². The Labute approximate surface area is 146 Å². The summed E-state index contributed by atoms with van der Waals surface area (Å²) in [5, 5.41) is 0. The highest BCUT2D eigenvalue weighted by Crippen LogP contribution is 2.29. The van der Waals surface area contributed by atoms with Crippen LogP contribution in [0.5, 0.6) is 11.5 Å². The van der Waals surface area contributed by atoms with E-state index in [1.807, 2.05) is 6.07 Å². The van der Waals surface area contributed by atoms with Gasteiger partial charge in [-0.3, -0.25) is 4.90 Å². The van der Waals surface area contributed by atoms with Crippen LogP contribution in [0.25, 0.3) is 0 Å². The lowest BCUT2D eigenvalue weighted by Gasteiger charge is -2.35. The minimum absolute atomic E-state index is 0.517. The first-order chi connectivity index (χ1) is 11.6. The second-order valence-electron chi connectivity index (χ2n) is 6.65. The molecule has 0 radical (unpaired) electrons. The predicted molar refractivity (Wildman–Crippen MR) is 97.8 cm³/mol. The molecule has 1 aliphatic rings. The van der Waals surface area contributed by atoms with Crippen LogP contribution in [0.1, 0.15) is 38.7 Å². The third-order valence-corrected chi connectivity index (χ3v) is 4.45. The Bertz CT molecular complexity index is 536. The van der Waals surface area contributed by atoms with Crippen molar-refractivity contribution in [2.24, 2.45) is 0 Å². The summed E-state index contributed by atoms with van der Waals surface area (Å²) in [6, 6.07) is 6.76. The van der Waals surface area contributed by atoms with E-state index in [0.29, 0.717) is 12.6 Å². The Hall–Kier alpha value is -1.52. The number of allylic oxidation sites excluding steroid dienone is 1. The predicted octanol–water partition coefficient (Wildman–Crippen LogP) is 4.04. The van der Waals surface area contributed by atoms with E-state index >= 15 is 0 Å². The first-order valence-corrected chi connectivity index (χ1v) is 8.80. The fourth-order valence-corrected chi connectivity index (χ4v) is 3.11. The number of hydrogen-bond acceptors (Lipinski definition) is 4. The van der Waals surface area contributed by atoms with Gasteiger partial charge in [-0.1, -0.05) is 18.1 Å². The molecule has 0 N–H and O–H groups in total. The Morgan fingerprint density at radius 3 is 2.75 bits per heavy atom. The Morgan fingerprint density at radius 1 is 1.21 bits per heavy atom. The highest BCUT2D eigenvalue weighted by Gasteiger charge is 2.22. The van der Waals surface area contributed by atoms with Gasteiger partial charge in [0.1, 0.15) is 6.61 Å². The van der Waals surface area contributed by atoms with Gasteiger partial charge in [0.25, 0.3) is 0 Å². The molecule has 1 fully saturated rings. The van der Waals surface area contributed by atoms with E-state index in [9.17, 15) is 0 Å². The maximum Gasteiger partial charge on any atom is 0.161 e. The van der Waals surface area contributed by atoms with Crippen molar-refractivity contribution in [3.63, 3.8) is 0 Å². The maximum absolute atomic E-state index is 5.81. The molecular formula is C20H31NO3. The normalized spacial score (nSPS) is 18.2. The Kier molecular flexibility index (Phi) is 7.60. The second kappa shape index (κ2) is 9.70. The van der Waals surface area contributed by atoms with Crippen LogP contribution in [-0.4, -0.2) is 44.9 Å². The van der Waals surface area contributed by atoms with Crippen LogP contribution < -0.4 is 9.47 Å². The standard InChI is InChI=1S/C20H31NO3/c1-16(2)10-12-24-19-9-8-17(13-20(19)23-4)14-21-11-6-5-7-18(21)15-22-3/h8-10,13,18H,5-7,11-12,14-15H2,1-4H3. The van der Waals surface area contributed by atoms with Gasteiger partial charge < -0.3 is 14.2 Å². The van der Waals surface area contributed by atoms with E-state index in [4.69, 9.17) is 14.2 Å². The molecule has 0 amide bonds. The molecule has 1 saturated heterocycles. The summed E-state index contributed by atoms with van der Waals surface area (Å²) in [5.74, 6) is 1.60. The molecule has 24 heavy (non-hydrogen) atoms. The van der Waals surface area contributed by atoms with E-state index in [-0.39, 0.29) is 0 Å². The van der Waals surface area contributed by atoms with Crippen molar-refractivity contribution in [1.29, 1.82) is 0 Å². The molecule has 4 heteroatoms. The van der Waals surface area contributed by atoms with Gasteiger partial charge in [-0.2, -0.15) is 0 Å². The molecule has 1 aromatic carbocycles. The SMILES string of the molecule is COCC1CCCCN1Cc1ccc(OCC=C(C)C)c(OC)c1. The lowest BCUT2D eigenvalue weighted by molar-refractivity contribution is 0.0600. The number of ether oxygens (including phenoxy) is 3. The number of piperidine rings is 1. The van der Waals surface area contributed by atoms with E-state index in [1.54, 1.807) is 14.2 Å². The summed E-state index contributed by atoms with van der Waals surface area (Å²) in [5.41, 5.74) is 2.50. The van der Waals surface area contributed by atoms with Crippen LogP contribution >= 0.6 is 0 Å². The van der Waals surface area contributed by atoms with Crippen LogP contribution in [0.2, 0.25) is 0 Å². The van der Waals surface area contributed by atoms with E-state index in [2.05, 4.69) is 37.0 Å². The molecule has 134 valence electrons. The van der Waals surface area contributed by atoms with Crippen LogP contribution in [0.3, 0.4) is 0 Å². The van der Waals surface area contributed by atoms with Crippen molar-refractivity contribution in [1.82, 2.24) is 4.90 Å². The lowest BCUT2D eigenvalue weighted by atomic mass is 10.0. The zero-order valence-electron chi connectivity index (χ0n) is 15.5. The summed E-state index contributed by atoms with van der Waals surface area (Å²) in [4.78, 5) is 2.52. The molecule has 0 aliphatic carbocycles. The van der Waals surface area contributed by atoms with E-state index < -0.39 is 0 Å². The molecule has 2 rings (SSSR count). The third-order valence-electron chi connectivity index (χ3n) is 4.45. The van der Waals surface area contributed by atoms with Crippen molar-refractivity contribution in [2.45, 2.75) is 45.7 Å². The van der Waals surface area contributed by atoms with Crippen LogP contribution in [-0.2, 0) is 11.3 Å². The molecule has 0 aromatic heterocycles. The molecule has 1 heterocycles. The van der Waals surface area contributed by atoms with Gasteiger partial charge in [-0.25, -0.2) is 0 Å². The monoisotopic (exact) mass is 333 g/mol. The molecular weight excluding hydrogens is 302 g/mol. The zero-order valence-corrected chi connectivity index (χ0v) is 15.5. The molecule has 1 aliphatic heterocycles. The van der Waals surface area contributed by atoms with E-state index in [1.165, 1.54) is 30.4 Å². The molecule has 0 spiro atoms. The Balaban J connectivity index is 2.03. The van der Waals surface area contributed by atoms with Crippen molar-refractivity contribution in [3.8, 4) is 11.5 Å². The van der Waals surface area contributed by atoms with Gasteiger partial charge in [0.05, 0.1) is 13.7 Å². The van der Waals surface area contributed by atoms with Crippen molar-refractivity contribution in [2.75, 3.05) is 34.0 Å². The van der Waals surface area contributed by atoms with Gasteiger partial charge in [0.15, 0.2) is 11.5 Å². The van der Waals surface area contributed by atoms with Gasteiger partial charge in [0.2, 0.25) is 0 Å². The fourth-order valence-electron chi connectivity index (χ4n) is 3.11. The highest BCUT2D eigenvalue weighted by molar-refractivity contribution is 5.43. The zero-order chi connectivity index (χ0) is 17.4. The van der Waals surface area contributed by atoms with Crippen LogP contribution in [0, 0.1) is 0 Å². The van der Waals surface area contributed by atoms with Crippen molar-refractivity contribution >= 4 is 0 Å². The topological polar surface area (TPSA) is 30.9 Å². The fraction of sp³-hybridized carbons (Fsp3) is 0.600. The molecule has 1 aromatic rings. The summed E-state index contributed by atoms with van der Waals surface area (Å²) in [6.45, 7) is 7.58. The van der Waals surface area contributed by atoms with Crippen molar-refractivity contribution < 1.29 is 14.2 Å². The summed E-state index contributed by atoms with van der Waals surface area (Å²) >= 11 is 0. The van der Waals surface area contributed by atoms with Gasteiger partial charge in [-0.15, -0.1) is 0 Å². The average Bonchev–Trinajstić information content (AvgIpc) is 2.57. The molecule has 1 atom stereocenters. The number of methoxy groups -OCH3 is 2. The van der Waals surface area contributed by atoms with Crippen LogP contribution in [0.4, 0.5) is 0 Å². The highest BCUT2D eigenvalue weighted by atomic mass is 16.5. The minimum atomic E-state index is 0.517. The van der Waals surface area contributed by atoms with Gasteiger partial charge >= 0.3 is 0 Å². The average molecular weight is 333 g/mol. The maximum atomic E-state index is 5.81. The number of hydrogen-bond donors (Lipinski definition) is 0. The number of likely N-dealkylation sites (tertiary alicyclic amines) is 1.